The van der Waals surface area contributed by atoms with Crippen LogP contribution >= 0.6 is 0 Å². The molecule has 1 aromatic heterocycles. The first-order chi connectivity index (χ1) is 11.9. The molecule has 7 heteroatoms. The number of hydrogen-bond acceptors (Lipinski definition) is 3. The lowest BCUT2D eigenvalue weighted by molar-refractivity contribution is -0.0773. The summed E-state index contributed by atoms with van der Waals surface area (Å²) in [5.41, 5.74) is 0.697. The summed E-state index contributed by atoms with van der Waals surface area (Å²) >= 11 is 0. The highest BCUT2D eigenvalue weighted by molar-refractivity contribution is 5.35. The molecule has 1 saturated heterocycles. The summed E-state index contributed by atoms with van der Waals surface area (Å²) in [6, 6.07) is 6.38. The molecule has 2 heterocycles. The number of ether oxygens (including phenoxy) is 1. The molecule has 136 valence electrons. The summed E-state index contributed by atoms with van der Waals surface area (Å²) in [4.78, 5) is 6.64. The quantitative estimate of drug-likeness (QED) is 0.712. The molecule has 0 spiro atoms. The van der Waals surface area contributed by atoms with Crippen molar-refractivity contribution < 1.29 is 17.9 Å². The van der Waals surface area contributed by atoms with Gasteiger partial charge in [-0.05, 0) is 18.2 Å². The fourth-order valence-electron chi connectivity index (χ4n) is 3.52. The van der Waals surface area contributed by atoms with Gasteiger partial charge in [0.25, 0.3) is 6.43 Å². The van der Waals surface area contributed by atoms with Crippen LogP contribution in [-0.4, -0.2) is 47.2 Å². The Balaban J connectivity index is 1.76. The summed E-state index contributed by atoms with van der Waals surface area (Å²) in [5.74, 6) is 0.512. The van der Waals surface area contributed by atoms with Crippen molar-refractivity contribution in [3.63, 3.8) is 0 Å². The predicted octanol–water partition coefficient (Wildman–Crippen LogP) is 3.68. The van der Waals surface area contributed by atoms with E-state index in [1.165, 1.54) is 12.1 Å². The summed E-state index contributed by atoms with van der Waals surface area (Å²) < 4.78 is 44.8. The number of imidazole rings is 1. The third kappa shape index (κ3) is 3.88. The van der Waals surface area contributed by atoms with E-state index >= 15 is 0 Å². The minimum Gasteiger partial charge on any atom is -0.374 e. The van der Waals surface area contributed by atoms with E-state index in [9.17, 15) is 13.2 Å². The number of aromatic nitrogens is 2. The average Bonchev–Trinajstić information content (AvgIpc) is 2.98. The monoisotopic (exact) mass is 353 g/mol. The van der Waals surface area contributed by atoms with Crippen LogP contribution in [0, 0.1) is 11.2 Å². The Bertz CT molecular complexity index is 717. The van der Waals surface area contributed by atoms with E-state index in [1.807, 2.05) is 16.8 Å². The van der Waals surface area contributed by atoms with Gasteiger partial charge in [0.05, 0.1) is 12.6 Å². The number of halogens is 3. The van der Waals surface area contributed by atoms with Gasteiger partial charge in [-0.25, -0.2) is 18.2 Å². The number of hydrogen-bond donors (Lipinski definition) is 0. The lowest BCUT2D eigenvalue weighted by Crippen LogP contribution is -2.57. The van der Waals surface area contributed by atoms with Crippen molar-refractivity contribution in [1.82, 2.24) is 14.5 Å². The average molecular weight is 353 g/mol. The molecule has 1 fully saturated rings. The van der Waals surface area contributed by atoms with E-state index < -0.39 is 13.0 Å². The van der Waals surface area contributed by atoms with Crippen molar-refractivity contribution in [2.24, 2.45) is 5.41 Å². The smallest absolute Gasteiger partial charge is 0.261 e. The fraction of sp³-hybridized carbons (Fsp3) is 0.500. The SMILES string of the molecule is CC1(C)CN(CCOCC(F)F)C1c1nccn1-c1cccc(F)c1. The predicted molar refractivity (Wildman–Crippen MR) is 88.4 cm³/mol. The molecule has 1 aromatic carbocycles. The van der Waals surface area contributed by atoms with E-state index in [4.69, 9.17) is 4.74 Å². The summed E-state index contributed by atoms with van der Waals surface area (Å²) in [6.45, 7) is 5.36. The molecule has 0 saturated carbocycles. The zero-order valence-corrected chi connectivity index (χ0v) is 14.3. The number of nitrogens with zero attached hydrogens (tertiary/aromatic N) is 3. The van der Waals surface area contributed by atoms with Crippen molar-refractivity contribution in [2.45, 2.75) is 26.3 Å². The second-order valence-corrected chi connectivity index (χ2v) is 6.96. The minimum absolute atomic E-state index is 0.0147. The Hall–Kier alpha value is -1.86. The summed E-state index contributed by atoms with van der Waals surface area (Å²) in [7, 11) is 0. The van der Waals surface area contributed by atoms with Crippen LogP contribution in [0.4, 0.5) is 13.2 Å². The maximum Gasteiger partial charge on any atom is 0.261 e. The topological polar surface area (TPSA) is 30.3 Å². The van der Waals surface area contributed by atoms with Crippen LogP contribution in [0.5, 0.6) is 0 Å². The molecule has 3 rings (SSSR count). The van der Waals surface area contributed by atoms with Crippen molar-refractivity contribution in [1.29, 1.82) is 0 Å². The van der Waals surface area contributed by atoms with Gasteiger partial charge in [0, 0.05) is 36.6 Å². The third-order valence-corrected chi connectivity index (χ3v) is 4.48. The number of rotatable bonds is 7. The van der Waals surface area contributed by atoms with Crippen LogP contribution in [0.15, 0.2) is 36.7 Å². The molecule has 0 N–H and O–H groups in total. The van der Waals surface area contributed by atoms with Crippen LogP contribution in [0.25, 0.3) is 5.69 Å². The largest absolute Gasteiger partial charge is 0.374 e. The van der Waals surface area contributed by atoms with Gasteiger partial charge >= 0.3 is 0 Å². The van der Waals surface area contributed by atoms with E-state index in [-0.39, 0.29) is 23.9 Å². The minimum atomic E-state index is -2.45. The van der Waals surface area contributed by atoms with Crippen LogP contribution in [0.2, 0.25) is 0 Å². The van der Waals surface area contributed by atoms with Gasteiger partial charge in [0.2, 0.25) is 0 Å². The number of benzene rings is 1. The van der Waals surface area contributed by atoms with Crippen molar-refractivity contribution in [3.8, 4) is 5.69 Å². The molecular weight excluding hydrogens is 331 g/mol. The Morgan fingerprint density at radius 1 is 1.36 bits per heavy atom. The highest BCUT2D eigenvalue weighted by Gasteiger charge is 2.48. The van der Waals surface area contributed by atoms with Crippen LogP contribution in [0.1, 0.15) is 25.7 Å². The van der Waals surface area contributed by atoms with Gasteiger partial charge in [-0.1, -0.05) is 19.9 Å². The Morgan fingerprint density at radius 3 is 2.84 bits per heavy atom. The molecule has 1 aliphatic rings. The molecule has 4 nitrogen and oxygen atoms in total. The van der Waals surface area contributed by atoms with E-state index in [2.05, 4.69) is 23.7 Å². The molecule has 1 atom stereocenters. The third-order valence-electron chi connectivity index (χ3n) is 4.48. The standard InChI is InChI=1S/C18H22F3N3O/c1-18(2)12-23(8-9-25-11-15(20)21)16(18)17-22-6-7-24(17)14-5-3-4-13(19)10-14/h3-7,10,15-16H,8-9,11-12H2,1-2H3. The maximum absolute atomic E-state index is 13.6. The van der Waals surface area contributed by atoms with Gasteiger partial charge < -0.3 is 9.30 Å². The van der Waals surface area contributed by atoms with Crippen LogP contribution in [-0.2, 0) is 4.74 Å². The van der Waals surface area contributed by atoms with E-state index in [0.29, 0.717) is 12.2 Å². The van der Waals surface area contributed by atoms with Crippen molar-refractivity contribution in [3.05, 3.63) is 48.3 Å². The maximum atomic E-state index is 13.6. The van der Waals surface area contributed by atoms with Crippen LogP contribution < -0.4 is 0 Å². The molecule has 1 aliphatic heterocycles. The fourth-order valence-corrected chi connectivity index (χ4v) is 3.52. The molecule has 0 radical (unpaired) electrons. The van der Waals surface area contributed by atoms with Gasteiger partial charge in [0.15, 0.2) is 0 Å². The van der Waals surface area contributed by atoms with E-state index in [1.54, 1.807) is 12.3 Å². The van der Waals surface area contributed by atoms with Gasteiger partial charge in [-0.2, -0.15) is 0 Å². The zero-order chi connectivity index (χ0) is 18.0. The molecule has 0 aliphatic carbocycles. The Kier molecular flexibility index (Phi) is 5.15. The number of likely N-dealkylation sites (tertiary alicyclic amines) is 1. The Labute approximate surface area is 145 Å². The molecular formula is C18H22F3N3O. The molecule has 0 amide bonds. The second-order valence-electron chi connectivity index (χ2n) is 6.96. The van der Waals surface area contributed by atoms with Crippen molar-refractivity contribution in [2.75, 3.05) is 26.3 Å². The summed E-state index contributed by atoms with van der Waals surface area (Å²) in [5, 5.41) is 0. The van der Waals surface area contributed by atoms with Gasteiger partial charge in [0.1, 0.15) is 18.2 Å². The van der Waals surface area contributed by atoms with Crippen molar-refractivity contribution >= 4 is 0 Å². The lowest BCUT2D eigenvalue weighted by atomic mass is 9.74. The first kappa shape index (κ1) is 17.9. The second kappa shape index (κ2) is 7.17. The first-order valence-electron chi connectivity index (χ1n) is 8.27. The first-order valence-corrected chi connectivity index (χ1v) is 8.27. The zero-order valence-electron chi connectivity index (χ0n) is 14.3. The number of alkyl halides is 2. The molecule has 0 bridgehead atoms. The van der Waals surface area contributed by atoms with Gasteiger partial charge in [-0.15, -0.1) is 0 Å². The molecule has 25 heavy (non-hydrogen) atoms. The van der Waals surface area contributed by atoms with Gasteiger partial charge in [-0.3, -0.25) is 4.90 Å². The normalized spacial score (nSPS) is 20.0. The Morgan fingerprint density at radius 2 is 2.16 bits per heavy atom. The molecule has 1 unspecified atom stereocenters. The highest BCUT2D eigenvalue weighted by atomic mass is 19.3. The molecule has 2 aromatic rings. The lowest BCUT2D eigenvalue weighted by Gasteiger charge is -2.53. The van der Waals surface area contributed by atoms with Crippen LogP contribution in [0.3, 0.4) is 0 Å². The van der Waals surface area contributed by atoms with E-state index in [0.717, 1.165) is 12.4 Å². The highest BCUT2D eigenvalue weighted by Crippen LogP contribution is 2.47. The summed E-state index contributed by atoms with van der Waals surface area (Å²) in [6.07, 6.45) is 1.06.